The second-order valence-corrected chi connectivity index (χ2v) is 5.93. The van der Waals surface area contributed by atoms with E-state index < -0.39 is 4.92 Å². The standard InChI is InChI=1S/C13H18BrNO3/c1-13(2,3)10(8-14)9-18-12-6-4-11(5-7-12)15(16)17/h4-7,10H,8-9H2,1-3H3. The van der Waals surface area contributed by atoms with Gasteiger partial charge in [-0.2, -0.15) is 0 Å². The molecule has 1 rings (SSSR count). The Morgan fingerprint density at radius 1 is 1.33 bits per heavy atom. The van der Waals surface area contributed by atoms with Crippen molar-refractivity contribution in [2.45, 2.75) is 20.8 Å². The summed E-state index contributed by atoms with van der Waals surface area (Å²) in [7, 11) is 0. The third-order valence-electron chi connectivity index (χ3n) is 2.91. The van der Waals surface area contributed by atoms with E-state index in [-0.39, 0.29) is 11.1 Å². The van der Waals surface area contributed by atoms with Crippen LogP contribution in [0.15, 0.2) is 24.3 Å². The zero-order chi connectivity index (χ0) is 13.8. The minimum Gasteiger partial charge on any atom is -0.493 e. The van der Waals surface area contributed by atoms with Crippen molar-refractivity contribution in [3.8, 4) is 5.75 Å². The molecule has 0 radical (unpaired) electrons. The SMILES string of the molecule is CC(C)(C)C(CBr)COc1ccc([N+](=O)[O-])cc1. The molecule has 0 saturated heterocycles. The summed E-state index contributed by atoms with van der Waals surface area (Å²) < 4.78 is 5.67. The predicted molar refractivity (Wildman–Crippen MR) is 75.3 cm³/mol. The van der Waals surface area contributed by atoms with Gasteiger partial charge >= 0.3 is 0 Å². The first-order valence-electron chi connectivity index (χ1n) is 5.78. The summed E-state index contributed by atoms with van der Waals surface area (Å²) in [6, 6.07) is 6.17. The van der Waals surface area contributed by atoms with E-state index >= 15 is 0 Å². The van der Waals surface area contributed by atoms with Crippen LogP contribution in [0.5, 0.6) is 5.75 Å². The number of halogens is 1. The molecule has 1 atom stereocenters. The van der Waals surface area contributed by atoms with E-state index in [0.29, 0.717) is 18.3 Å². The average Bonchev–Trinajstić information content (AvgIpc) is 2.28. The first-order valence-corrected chi connectivity index (χ1v) is 6.90. The number of rotatable bonds is 5. The maximum atomic E-state index is 10.5. The number of nitro groups is 1. The minimum atomic E-state index is -0.416. The van der Waals surface area contributed by atoms with Crippen LogP contribution in [-0.2, 0) is 0 Å². The zero-order valence-electron chi connectivity index (χ0n) is 10.9. The van der Waals surface area contributed by atoms with Crippen LogP contribution in [0.4, 0.5) is 5.69 Å². The Kier molecular flexibility index (Phi) is 5.14. The van der Waals surface area contributed by atoms with Crippen LogP contribution in [0.1, 0.15) is 20.8 Å². The van der Waals surface area contributed by atoms with E-state index in [9.17, 15) is 10.1 Å². The molecule has 0 aliphatic heterocycles. The highest BCUT2D eigenvalue weighted by Crippen LogP contribution is 2.28. The molecule has 0 aromatic heterocycles. The van der Waals surface area contributed by atoms with Crippen molar-refractivity contribution in [2.24, 2.45) is 11.3 Å². The highest BCUT2D eigenvalue weighted by atomic mass is 79.9. The summed E-state index contributed by atoms with van der Waals surface area (Å²) in [5, 5.41) is 11.4. The molecular weight excluding hydrogens is 298 g/mol. The van der Waals surface area contributed by atoms with Gasteiger partial charge in [-0.25, -0.2) is 0 Å². The van der Waals surface area contributed by atoms with Crippen LogP contribution in [0.2, 0.25) is 0 Å². The largest absolute Gasteiger partial charge is 0.493 e. The van der Waals surface area contributed by atoms with Gasteiger partial charge in [-0.05, 0) is 17.5 Å². The third kappa shape index (κ3) is 4.29. The molecule has 1 aromatic carbocycles. The number of hydrogen-bond acceptors (Lipinski definition) is 3. The van der Waals surface area contributed by atoms with E-state index in [4.69, 9.17) is 4.74 Å². The Hall–Kier alpha value is -1.10. The summed E-state index contributed by atoms with van der Waals surface area (Å²) in [5.41, 5.74) is 0.236. The normalized spacial score (nSPS) is 13.1. The van der Waals surface area contributed by atoms with E-state index in [1.54, 1.807) is 12.1 Å². The van der Waals surface area contributed by atoms with Gasteiger partial charge in [-0.3, -0.25) is 10.1 Å². The fourth-order valence-corrected chi connectivity index (χ4v) is 2.55. The Labute approximate surface area is 116 Å². The van der Waals surface area contributed by atoms with Crippen molar-refractivity contribution in [1.82, 2.24) is 0 Å². The van der Waals surface area contributed by atoms with Crippen LogP contribution >= 0.6 is 15.9 Å². The molecule has 18 heavy (non-hydrogen) atoms. The third-order valence-corrected chi connectivity index (χ3v) is 3.69. The molecule has 0 amide bonds. The lowest BCUT2D eigenvalue weighted by Gasteiger charge is -2.28. The molecular formula is C13H18BrNO3. The van der Waals surface area contributed by atoms with Gasteiger partial charge < -0.3 is 4.74 Å². The van der Waals surface area contributed by atoms with Crippen molar-refractivity contribution in [2.75, 3.05) is 11.9 Å². The number of benzene rings is 1. The van der Waals surface area contributed by atoms with Gasteiger partial charge in [-0.15, -0.1) is 0 Å². The molecule has 1 unspecified atom stereocenters. The topological polar surface area (TPSA) is 52.4 Å². The number of hydrogen-bond donors (Lipinski definition) is 0. The molecule has 4 nitrogen and oxygen atoms in total. The van der Waals surface area contributed by atoms with Gasteiger partial charge in [0.05, 0.1) is 11.5 Å². The highest BCUT2D eigenvalue weighted by Gasteiger charge is 2.24. The fraction of sp³-hybridized carbons (Fsp3) is 0.538. The number of nitro benzene ring substituents is 1. The van der Waals surface area contributed by atoms with Crippen molar-refractivity contribution in [3.05, 3.63) is 34.4 Å². The zero-order valence-corrected chi connectivity index (χ0v) is 12.4. The first-order chi connectivity index (χ1) is 8.34. The lowest BCUT2D eigenvalue weighted by Crippen LogP contribution is -2.27. The molecule has 0 N–H and O–H groups in total. The Morgan fingerprint density at radius 3 is 2.28 bits per heavy atom. The van der Waals surface area contributed by atoms with Gasteiger partial charge in [0.1, 0.15) is 5.75 Å². The summed E-state index contributed by atoms with van der Waals surface area (Å²) >= 11 is 3.49. The Bertz CT molecular complexity index is 398. The Morgan fingerprint density at radius 2 is 1.89 bits per heavy atom. The van der Waals surface area contributed by atoms with Crippen LogP contribution in [0, 0.1) is 21.4 Å². The average molecular weight is 316 g/mol. The fourth-order valence-electron chi connectivity index (χ4n) is 1.39. The van der Waals surface area contributed by atoms with Gasteiger partial charge in [0, 0.05) is 23.4 Å². The van der Waals surface area contributed by atoms with Crippen LogP contribution in [-0.4, -0.2) is 16.9 Å². The van der Waals surface area contributed by atoms with E-state index in [0.717, 1.165) is 5.33 Å². The smallest absolute Gasteiger partial charge is 0.269 e. The second kappa shape index (κ2) is 6.18. The molecule has 100 valence electrons. The molecule has 0 spiro atoms. The molecule has 0 aliphatic rings. The molecule has 5 heteroatoms. The van der Waals surface area contributed by atoms with Crippen molar-refractivity contribution >= 4 is 21.6 Å². The molecule has 0 saturated carbocycles. The molecule has 0 bridgehead atoms. The quantitative estimate of drug-likeness (QED) is 0.468. The summed E-state index contributed by atoms with van der Waals surface area (Å²) in [6.07, 6.45) is 0. The minimum absolute atomic E-state index is 0.0789. The van der Waals surface area contributed by atoms with E-state index in [1.165, 1.54) is 12.1 Å². The molecule has 0 aliphatic carbocycles. The van der Waals surface area contributed by atoms with Crippen LogP contribution in [0.25, 0.3) is 0 Å². The number of ether oxygens (including phenoxy) is 1. The highest BCUT2D eigenvalue weighted by molar-refractivity contribution is 9.09. The van der Waals surface area contributed by atoms with Crippen LogP contribution < -0.4 is 4.74 Å². The summed E-state index contributed by atoms with van der Waals surface area (Å²) in [6.45, 7) is 7.08. The van der Waals surface area contributed by atoms with Crippen molar-refractivity contribution in [1.29, 1.82) is 0 Å². The number of nitrogens with zero attached hydrogens (tertiary/aromatic N) is 1. The van der Waals surface area contributed by atoms with Crippen LogP contribution in [0.3, 0.4) is 0 Å². The Balaban J connectivity index is 2.60. The first kappa shape index (κ1) is 15.0. The number of alkyl halides is 1. The van der Waals surface area contributed by atoms with Gasteiger partial charge in [-0.1, -0.05) is 36.7 Å². The van der Waals surface area contributed by atoms with Gasteiger partial charge in [0.15, 0.2) is 0 Å². The maximum absolute atomic E-state index is 10.5. The predicted octanol–water partition coefficient (Wildman–Crippen LogP) is 4.03. The van der Waals surface area contributed by atoms with Crippen molar-refractivity contribution < 1.29 is 9.66 Å². The molecule has 0 fully saturated rings. The van der Waals surface area contributed by atoms with Gasteiger partial charge in [0.2, 0.25) is 0 Å². The van der Waals surface area contributed by atoms with Crippen molar-refractivity contribution in [3.63, 3.8) is 0 Å². The lowest BCUT2D eigenvalue weighted by molar-refractivity contribution is -0.384. The van der Waals surface area contributed by atoms with E-state index in [1.807, 2.05) is 0 Å². The second-order valence-electron chi connectivity index (χ2n) is 5.28. The number of non-ortho nitro benzene ring substituents is 1. The monoisotopic (exact) mass is 315 g/mol. The van der Waals surface area contributed by atoms with Gasteiger partial charge in [0.25, 0.3) is 5.69 Å². The van der Waals surface area contributed by atoms with E-state index in [2.05, 4.69) is 36.7 Å². The summed E-state index contributed by atoms with van der Waals surface area (Å²) in [4.78, 5) is 10.1. The molecule has 0 heterocycles. The molecule has 1 aromatic rings. The maximum Gasteiger partial charge on any atom is 0.269 e. The lowest BCUT2D eigenvalue weighted by atomic mass is 9.83. The summed E-state index contributed by atoms with van der Waals surface area (Å²) in [5.74, 6) is 1.04.